The van der Waals surface area contributed by atoms with Gasteiger partial charge in [-0.05, 0) is 67.7 Å². The van der Waals surface area contributed by atoms with Crippen LogP contribution in [0.25, 0.3) is 0 Å². The Morgan fingerprint density at radius 2 is 1.88 bits per heavy atom. The SMILES string of the molecule is CCOC(=O)CNC(=O)c1ccc2c(c1)C[C@@H]1CC[C@H](C2)[C@]12CN(CC(F)(F)F)S(=O)(=O)N2. The Kier molecular flexibility index (Phi) is 6.21. The number of hydrogen-bond acceptors (Lipinski definition) is 5. The van der Waals surface area contributed by atoms with Crippen LogP contribution >= 0.6 is 0 Å². The molecule has 2 aliphatic carbocycles. The van der Waals surface area contributed by atoms with Crippen LogP contribution < -0.4 is 10.0 Å². The van der Waals surface area contributed by atoms with Gasteiger partial charge in [0.05, 0.1) is 12.1 Å². The van der Waals surface area contributed by atoms with Crippen molar-refractivity contribution in [2.75, 3.05) is 26.2 Å². The first kappa shape index (κ1) is 24.0. The first-order valence-electron chi connectivity index (χ1n) is 10.8. The van der Waals surface area contributed by atoms with Crippen molar-refractivity contribution in [3.63, 3.8) is 0 Å². The highest BCUT2D eigenvalue weighted by atomic mass is 32.2. The van der Waals surface area contributed by atoms with Crippen molar-refractivity contribution in [1.29, 1.82) is 0 Å². The number of nitrogens with zero attached hydrogens (tertiary/aromatic N) is 1. The molecule has 1 amide bonds. The molecule has 8 nitrogen and oxygen atoms in total. The molecule has 3 aliphatic rings. The summed E-state index contributed by atoms with van der Waals surface area (Å²) < 4.78 is 72.0. The van der Waals surface area contributed by atoms with E-state index in [9.17, 15) is 31.2 Å². The van der Waals surface area contributed by atoms with Crippen LogP contribution in [0, 0.1) is 11.8 Å². The van der Waals surface area contributed by atoms with Crippen molar-refractivity contribution in [1.82, 2.24) is 14.3 Å². The number of ether oxygens (including phenoxy) is 1. The van der Waals surface area contributed by atoms with Gasteiger partial charge in [-0.1, -0.05) is 6.07 Å². The van der Waals surface area contributed by atoms with Crippen molar-refractivity contribution >= 4 is 22.1 Å². The second kappa shape index (κ2) is 8.55. The molecule has 4 rings (SSSR count). The van der Waals surface area contributed by atoms with Crippen LogP contribution in [0.5, 0.6) is 0 Å². The van der Waals surface area contributed by atoms with E-state index in [1.165, 1.54) is 0 Å². The van der Waals surface area contributed by atoms with Gasteiger partial charge >= 0.3 is 12.1 Å². The fourth-order valence-corrected chi connectivity index (χ4v) is 7.16. The lowest BCUT2D eigenvalue weighted by atomic mass is 9.79. The average molecular weight is 490 g/mol. The van der Waals surface area contributed by atoms with Gasteiger partial charge in [0, 0.05) is 12.1 Å². The average Bonchev–Trinajstić information content (AvgIpc) is 3.09. The third kappa shape index (κ3) is 4.73. The molecule has 2 N–H and O–H groups in total. The molecule has 0 radical (unpaired) electrons. The Balaban J connectivity index is 1.54. The molecule has 1 heterocycles. The molecule has 3 atom stereocenters. The standard InChI is InChI=1S/C21H26F3N3O5S/c1-2-32-18(28)10-25-19(29)14-4-3-13-8-16-5-6-17(9-15(13)7-14)20(16)11-27(12-21(22,23)24)33(30,31)26-20/h3-4,7,16-17,26H,2,5-6,8-12H2,1H3,(H,25,29)/t16-,17+,20-/m1/s1. The number of amides is 1. The van der Waals surface area contributed by atoms with Crippen LogP contribution in [0.3, 0.4) is 0 Å². The topological polar surface area (TPSA) is 105 Å². The van der Waals surface area contributed by atoms with Crippen LogP contribution in [0.1, 0.15) is 41.3 Å². The smallest absolute Gasteiger partial charge is 0.402 e. The minimum absolute atomic E-state index is 0.139. The number of rotatable bonds is 5. The lowest BCUT2D eigenvalue weighted by molar-refractivity contribution is -0.141. The number of alkyl halides is 3. The van der Waals surface area contributed by atoms with Crippen molar-refractivity contribution in [2.24, 2.45) is 11.8 Å². The van der Waals surface area contributed by atoms with Crippen LogP contribution in [0.2, 0.25) is 0 Å². The molecule has 1 aliphatic heterocycles. The van der Waals surface area contributed by atoms with Gasteiger partial charge in [-0.2, -0.15) is 30.6 Å². The molecule has 1 aromatic carbocycles. The molecular formula is C21H26F3N3O5S. The van der Waals surface area contributed by atoms with Crippen LogP contribution in [-0.2, 0) is 32.6 Å². The summed E-state index contributed by atoms with van der Waals surface area (Å²) in [6, 6.07) is 5.17. The van der Waals surface area contributed by atoms with E-state index in [0.29, 0.717) is 35.6 Å². The predicted molar refractivity (Wildman–Crippen MR) is 111 cm³/mol. The van der Waals surface area contributed by atoms with E-state index >= 15 is 0 Å². The van der Waals surface area contributed by atoms with Gasteiger partial charge in [-0.15, -0.1) is 0 Å². The van der Waals surface area contributed by atoms with Crippen LogP contribution in [-0.4, -0.2) is 62.6 Å². The summed E-state index contributed by atoms with van der Waals surface area (Å²) in [5.41, 5.74) is 1.22. The van der Waals surface area contributed by atoms with Gasteiger partial charge < -0.3 is 10.1 Å². The van der Waals surface area contributed by atoms with Crippen molar-refractivity contribution < 1.29 is 35.9 Å². The molecule has 2 bridgehead atoms. The van der Waals surface area contributed by atoms with Crippen molar-refractivity contribution in [3.05, 3.63) is 34.9 Å². The largest absolute Gasteiger partial charge is 0.465 e. The summed E-state index contributed by atoms with van der Waals surface area (Å²) in [6.07, 6.45) is -2.26. The molecular weight excluding hydrogens is 463 g/mol. The quantitative estimate of drug-likeness (QED) is 0.611. The van der Waals surface area contributed by atoms with Crippen molar-refractivity contribution in [3.8, 4) is 0 Å². The summed E-state index contributed by atoms with van der Waals surface area (Å²) in [5, 5.41) is 2.51. The van der Waals surface area contributed by atoms with Gasteiger partial charge in [0.1, 0.15) is 13.1 Å². The molecule has 1 spiro atoms. The molecule has 1 saturated carbocycles. The maximum absolute atomic E-state index is 13.0. The highest BCUT2D eigenvalue weighted by Crippen LogP contribution is 2.50. The minimum Gasteiger partial charge on any atom is -0.465 e. The summed E-state index contributed by atoms with van der Waals surface area (Å²) >= 11 is 0. The van der Waals surface area contributed by atoms with Crippen LogP contribution in [0.15, 0.2) is 18.2 Å². The Morgan fingerprint density at radius 3 is 2.52 bits per heavy atom. The highest BCUT2D eigenvalue weighted by molar-refractivity contribution is 7.87. The van der Waals surface area contributed by atoms with Gasteiger partial charge in [-0.3, -0.25) is 9.59 Å². The zero-order chi connectivity index (χ0) is 24.0. The maximum Gasteiger partial charge on any atom is 0.402 e. The van der Waals surface area contributed by atoms with Crippen molar-refractivity contribution in [2.45, 2.75) is 44.3 Å². The van der Waals surface area contributed by atoms with Gasteiger partial charge in [0.2, 0.25) is 0 Å². The highest BCUT2D eigenvalue weighted by Gasteiger charge is 2.60. The maximum atomic E-state index is 13.0. The Labute approximate surface area is 190 Å². The van der Waals surface area contributed by atoms with Gasteiger partial charge in [-0.25, -0.2) is 0 Å². The lowest BCUT2D eigenvalue weighted by Crippen LogP contribution is -2.52. The number of halogens is 3. The third-order valence-electron chi connectivity index (χ3n) is 6.87. The number of benzene rings is 1. The normalized spacial score (nSPS) is 28.4. The minimum atomic E-state index is -4.63. The summed E-state index contributed by atoms with van der Waals surface area (Å²) in [5.74, 6) is -1.31. The molecule has 182 valence electrons. The van der Waals surface area contributed by atoms with E-state index in [1.54, 1.807) is 25.1 Å². The fraction of sp³-hybridized carbons (Fsp3) is 0.619. The molecule has 1 saturated heterocycles. The number of nitrogens with one attached hydrogen (secondary N) is 2. The lowest BCUT2D eigenvalue weighted by Gasteiger charge is -2.33. The zero-order valence-corrected chi connectivity index (χ0v) is 18.9. The Hall–Kier alpha value is -2.18. The van der Waals surface area contributed by atoms with E-state index in [4.69, 9.17) is 4.74 Å². The zero-order valence-electron chi connectivity index (χ0n) is 18.1. The first-order valence-corrected chi connectivity index (χ1v) is 12.3. The summed E-state index contributed by atoms with van der Waals surface area (Å²) in [7, 11) is -4.24. The summed E-state index contributed by atoms with van der Waals surface area (Å²) in [4.78, 5) is 24.0. The second-order valence-electron chi connectivity index (χ2n) is 8.88. The molecule has 12 heteroatoms. The predicted octanol–water partition coefficient (Wildman–Crippen LogP) is 1.56. The number of esters is 1. The fourth-order valence-electron chi connectivity index (χ4n) is 5.45. The van der Waals surface area contributed by atoms with Crippen LogP contribution in [0.4, 0.5) is 13.2 Å². The van der Waals surface area contributed by atoms with E-state index in [0.717, 1.165) is 11.1 Å². The molecule has 1 aromatic rings. The molecule has 33 heavy (non-hydrogen) atoms. The van der Waals surface area contributed by atoms with Gasteiger partial charge in [0.15, 0.2) is 0 Å². The number of fused-ring (bicyclic) bond motifs is 1. The Morgan fingerprint density at radius 1 is 1.21 bits per heavy atom. The second-order valence-corrected chi connectivity index (χ2v) is 10.6. The first-order chi connectivity index (χ1) is 15.4. The molecule has 0 unspecified atom stereocenters. The molecule has 0 aromatic heterocycles. The molecule has 2 fully saturated rings. The Bertz CT molecular complexity index is 1060. The van der Waals surface area contributed by atoms with E-state index in [2.05, 4.69) is 10.0 Å². The number of carbonyl (C=O) groups excluding carboxylic acids is 2. The van der Waals surface area contributed by atoms with E-state index in [1.807, 2.05) is 0 Å². The van der Waals surface area contributed by atoms with E-state index in [-0.39, 0.29) is 31.5 Å². The number of carbonyl (C=O) groups is 2. The monoisotopic (exact) mass is 489 g/mol. The number of hydrogen-bond donors (Lipinski definition) is 2. The third-order valence-corrected chi connectivity index (χ3v) is 8.45. The van der Waals surface area contributed by atoms with E-state index < -0.39 is 40.3 Å². The van der Waals surface area contributed by atoms with Gasteiger partial charge in [0.25, 0.3) is 16.1 Å². The summed E-state index contributed by atoms with van der Waals surface area (Å²) in [6.45, 7) is -0.109.